The van der Waals surface area contributed by atoms with Gasteiger partial charge in [-0.25, -0.2) is 0 Å². The average molecular weight is 795 g/mol. The molecule has 0 saturated heterocycles. The second-order valence-electron chi connectivity index (χ2n) is 15.6. The van der Waals surface area contributed by atoms with Crippen LogP contribution in [0.5, 0.6) is 0 Å². The summed E-state index contributed by atoms with van der Waals surface area (Å²) in [5.74, 6) is 0. The molecular weight excluding hydrogens is 757 g/mol. The monoisotopic (exact) mass is 794 g/mol. The lowest BCUT2D eigenvalue weighted by atomic mass is 9.90. The third-order valence-electron chi connectivity index (χ3n) is 12.2. The third kappa shape index (κ3) is 5.70. The molecule has 0 unspecified atom stereocenters. The van der Waals surface area contributed by atoms with E-state index in [1.54, 1.807) is 0 Å². The molecule has 0 fully saturated rings. The Morgan fingerprint density at radius 3 is 1.57 bits per heavy atom. The molecule has 0 aliphatic carbocycles. The van der Waals surface area contributed by atoms with Crippen LogP contribution in [0, 0.1) is 0 Å². The molecule has 0 saturated carbocycles. The number of rotatable bonds is 7. The molecular formula is C58H38N2S. The van der Waals surface area contributed by atoms with E-state index < -0.39 is 0 Å². The van der Waals surface area contributed by atoms with Crippen molar-refractivity contribution in [2.45, 2.75) is 0 Å². The van der Waals surface area contributed by atoms with Gasteiger partial charge in [0.1, 0.15) is 0 Å². The van der Waals surface area contributed by atoms with Crippen LogP contribution in [0.2, 0.25) is 0 Å². The average Bonchev–Trinajstić information content (AvgIpc) is 3.89. The Kier molecular flexibility index (Phi) is 8.39. The lowest BCUT2D eigenvalue weighted by Gasteiger charge is -2.31. The largest absolute Gasteiger partial charge is 0.309 e. The van der Waals surface area contributed by atoms with Crippen LogP contribution < -0.4 is 4.90 Å². The highest BCUT2D eigenvalue weighted by molar-refractivity contribution is 7.26. The van der Waals surface area contributed by atoms with Crippen LogP contribution >= 0.6 is 11.3 Å². The maximum atomic E-state index is 2.55. The Morgan fingerprint density at radius 1 is 0.311 bits per heavy atom. The number of anilines is 3. The number of fused-ring (bicyclic) bond motifs is 7. The molecule has 2 heterocycles. The number of aromatic nitrogens is 1. The van der Waals surface area contributed by atoms with E-state index in [2.05, 4.69) is 240 Å². The molecule has 0 aliphatic heterocycles. The summed E-state index contributed by atoms with van der Waals surface area (Å²) in [5, 5.41) is 7.46. The first-order valence-electron chi connectivity index (χ1n) is 20.9. The maximum Gasteiger partial charge on any atom is 0.0555 e. The molecule has 286 valence electrons. The van der Waals surface area contributed by atoms with Gasteiger partial charge in [0.25, 0.3) is 0 Å². The summed E-state index contributed by atoms with van der Waals surface area (Å²) < 4.78 is 4.96. The Bertz CT molecular complexity index is 3590. The Labute approximate surface area is 358 Å². The predicted molar refractivity (Wildman–Crippen MR) is 262 cm³/mol. The first-order chi connectivity index (χ1) is 30.3. The molecule has 0 spiro atoms. The van der Waals surface area contributed by atoms with E-state index in [-0.39, 0.29) is 0 Å². The SMILES string of the molecule is c1ccc(-c2cccc3cccc(-c4ccccc4N(c4ccccc4-c4cccc5c4c4ccccc4n5-c4ccccc4)c4cccc5sc6ccccc6c45)c23)cc1. The summed E-state index contributed by atoms with van der Waals surface area (Å²) in [6, 6.07) is 84.3. The summed E-state index contributed by atoms with van der Waals surface area (Å²) in [7, 11) is 0. The second-order valence-corrected chi connectivity index (χ2v) is 16.7. The van der Waals surface area contributed by atoms with Crippen LogP contribution in [-0.2, 0) is 0 Å². The number of para-hydroxylation sites is 4. The molecule has 0 amide bonds. The van der Waals surface area contributed by atoms with Crippen molar-refractivity contribution in [1.29, 1.82) is 0 Å². The number of benzene rings is 10. The zero-order valence-electron chi connectivity index (χ0n) is 33.2. The summed E-state index contributed by atoms with van der Waals surface area (Å²) in [4.78, 5) is 2.55. The van der Waals surface area contributed by atoms with E-state index in [0.717, 1.165) is 22.7 Å². The molecule has 0 radical (unpaired) electrons. The highest BCUT2D eigenvalue weighted by Crippen LogP contribution is 2.51. The predicted octanol–water partition coefficient (Wildman–Crippen LogP) is 16.8. The van der Waals surface area contributed by atoms with Gasteiger partial charge in [-0.15, -0.1) is 11.3 Å². The first-order valence-corrected chi connectivity index (χ1v) is 21.7. The number of nitrogens with zero attached hydrogens (tertiary/aromatic N) is 2. The highest BCUT2D eigenvalue weighted by atomic mass is 32.1. The van der Waals surface area contributed by atoms with Gasteiger partial charge in [0.2, 0.25) is 0 Å². The van der Waals surface area contributed by atoms with Gasteiger partial charge in [-0.1, -0.05) is 176 Å². The zero-order valence-corrected chi connectivity index (χ0v) is 34.1. The standard InChI is InChI=1S/C58H38N2S/c1-3-19-39(20-4-1)42-29-15-21-40-22-16-30-45(56(40)42)43-25-7-11-32-49(43)60(53-36-18-38-55-58(53)48-28-10-14-37-54(48)61-55)50-33-12-8-26-44(50)46-31-17-35-52-57(46)47-27-9-13-34-51(47)59(52)41-23-5-2-6-24-41/h1-38H. The van der Waals surface area contributed by atoms with Crippen LogP contribution in [0.15, 0.2) is 231 Å². The maximum absolute atomic E-state index is 2.55. The van der Waals surface area contributed by atoms with Crippen molar-refractivity contribution < 1.29 is 0 Å². The topological polar surface area (TPSA) is 8.17 Å². The van der Waals surface area contributed by atoms with Crippen molar-refractivity contribution in [1.82, 2.24) is 4.57 Å². The molecule has 0 bridgehead atoms. The Morgan fingerprint density at radius 2 is 0.820 bits per heavy atom. The molecule has 10 aromatic carbocycles. The fraction of sp³-hybridized carbons (Fsp3) is 0. The minimum Gasteiger partial charge on any atom is -0.309 e. The fourth-order valence-electron chi connectivity index (χ4n) is 9.65. The lowest BCUT2D eigenvalue weighted by Crippen LogP contribution is -2.13. The quantitative estimate of drug-likeness (QED) is 0.156. The van der Waals surface area contributed by atoms with Gasteiger partial charge in [-0.2, -0.15) is 0 Å². The number of hydrogen-bond donors (Lipinski definition) is 0. The number of hydrogen-bond acceptors (Lipinski definition) is 2. The van der Waals surface area contributed by atoms with Crippen molar-refractivity contribution >= 4 is 81.1 Å². The van der Waals surface area contributed by atoms with Gasteiger partial charge < -0.3 is 9.47 Å². The summed E-state index contributed by atoms with van der Waals surface area (Å²) >= 11 is 1.86. The first kappa shape index (κ1) is 35.2. The van der Waals surface area contributed by atoms with Crippen LogP contribution in [-0.4, -0.2) is 4.57 Å². The third-order valence-corrected chi connectivity index (χ3v) is 13.3. The van der Waals surface area contributed by atoms with E-state index in [1.807, 2.05) is 11.3 Å². The van der Waals surface area contributed by atoms with E-state index >= 15 is 0 Å². The van der Waals surface area contributed by atoms with Crippen molar-refractivity contribution in [3.63, 3.8) is 0 Å². The molecule has 12 rings (SSSR count). The molecule has 3 heteroatoms. The van der Waals surface area contributed by atoms with E-state index in [1.165, 1.54) is 86.1 Å². The zero-order chi connectivity index (χ0) is 40.3. The van der Waals surface area contributed by atoms with Gasteiger partial charge in [0.05, 0.1) is 28.1 Å². The molecule has 2 nitrogen and oxygen atoms in total. The van der Waals surface area contributed by atoms with Gasteiger partial charge in [-0.05, 0) is 87.6 Å². The van der Waals surface area contributed by atoms with Crippen molar-refractivity contribution in [3.05, 3.63) is 231 Å². The van der Waals surface area contributed by atoms with Crippen LogP contribution in [0.3, 0.4) is 0 Å². The fourth-order valence-corrected chi connectivity index (χ4v) is 10.8. The van der Waals surface area contributed by atoms with Crippen molar-refractivity contribution in [3.8, 4) is 39.1 Å². The minimum absolute atomic E-state index is 1.12. The molecule has 0 atom stereocenters. The lowest BCUT2D eigenvalue weighted by molar-refractivity contribution is 1.18. The second kappa shape index (κ2) is 14.5. The summed E-state index contributed by atoms with van der Waals surface area (Å²) in [6.07, 6.45) is 0. The number of thiophene rings is 1. The van der Waals surface area contributed by atoms with E-state index in [4.69, 9.17) is 0 Å². The smallest absolute Gasteiger partial charge is 0.0555 e. The van der Waals surface area contributed by atoms with Crippen LogP contribution in [0.1, 0.15) is 0 Å². The minimum atomic E-state index is 1.12. The van der Waals surface area contributed by atoms with Crippen molar-refractivity contribution in [2.24, 2.45) is 0 Å². The molecule has 0 aliphatic rings. The Hall–Kier alpha value is -7.72. The van der Waals surface area contributed by atoms with Crippen molar-refractivity contribution in [2.75, 3.05) is 4.90 Å². The highest BCUT2D eigenvalue weighted by Gasteiger charge is 2.26. The molecule has 12 aromatic rings. The summed E-state index contributed by atoms with van der Waals surface area (Å²) in [5.41, 5.74) is 14.1. The van der Waals surface area contributed by atoms with Crippen LogP contribution in [0.4, 0.5) is 17.1 Å². The van der Waals surface area contributed by atoms with E-state index in [0.29, 0.717) is 0 Å². The molecule has 0 N–H and O–H groups in total. The summed E-state index contributed by atoms with van der Waals surface area (Å²) in [6.45, 7) is 0. The van der Waals surface area contributed by atoms with Gasteiger partial charge in [0, 0.05) is 47.8 Å². The van der Waals surface area contributed by atoms with Crippen LogP contribution in [0.25, 0.3) is 91.8 Å². The van der Waals surface area contributed by atoms with Gasteiger partial charge in [0.15, 0.2) is 0 Å². The normalized spacial score (nSPS) is 11.6. The Balaban J connectivity index is 1.18. The molecule has 61 heavy (non-hydrogen) atoms. The van der Waals surface area contributed by atoms with Gasteiger partial charge >= 0.3 is 0 Å². The van der Waals surface area contributed by atoms with Gasteiger partial charge in [-0.3, -0.25) is 0 Å². The molecule has 2 aromatic heterocycles. The van der Waals surface area contributed by atoms with E-state index in [9.17, 15) is 0 Å².